The predicted octanol–water partition coefficient (Wildman–Crippen LogP) is 3.58. The van der Waals surface area contributed by atoms with E-state index in [2.05, 4.69) is 31.9 Å². The molecule has 1 aliphatic rings. The minimum atomic E-state index is -0.570. The molecule has 0 heterocycles. The quantitative estimate of drug-likeness (QED) is 0.841. The van der Waals surface area contributed by atoms with Gasteiger partial charge in [0, 0.05) is 8.95 Å². The van der Waals surface area contributed by atoms with E-state index in [1.54, 1.807) is 0 Å². The van der Waals surface area contributed by atoms with Crippen LogP contribution in [0.3, 0.4) is 0 Å². The molecule has 70 valence electrons. The molecule has 0 atom stereocenters. The summed E-state index contributed by atoms with van der Waals surface area (Å²) in [4.78, 5) is 0. The van der Waals surface area contributed by atoms with Crippen LogP contribution in [0.25, 0.3) is 0 Å². The second-order valence-electron chi connectivity index (χ2n) is 3.51. The average molecular weight is 306 g/mol. The van der Waals surface area contributed by atoms with Crippen molar-refractivity contribution in [1.82, 2.24) is 0 Å². The summed E-state index contributed by atoms with van der Waals surface area (Å²) in [7, 11) is 0. The van der Waals surface area contributed by atoms with Crippen molar-refractivity contribution in [1.29, 1.82) is 0 Å². The van der Waals surface area contributed by atoms with Gasteiger partial charge < -0.3 is 5.11 Å². The molecule has 1 N–H and O–H groups in total. The molecule has 0 radical (unpaired) electrons. The van der Waals surface area contributed by atoms with E-state index in [0.29, 0.717) is 0 Å². The molecule has 0 aliphatic heterocycles. The highest BCUT2D eigenvalue weighted by atomic mass is 79.9. The van der Waals surface area contributed by atoms with E-state index < -0.39 is 5.60 Å². The van der Waals surface area contributed by atoms with Gasteiger partial charge in [0.25, 0.3) is 0 Å². The summed E-state index contributed by atoms with van der Waals surface area (Å²) in [6.07, 6.45) is 2.89. The van der Waals surface area contributed by atoms with E-state index in [4.69, 9.17) is 0 Å². The Kier molecular flexibility index (Phi) is 2.51. The van der Waals surface area contributed by atoms with Crippen molar-refractivity contribution in [2.24, 2.45) is 0 Å². The molecular formula is C10H10Br2O. The molecular weight excluding hydrogens is 296 g/mol. The molecule has 0 saturated heterocycles. The van der Waals surface area contributed by atoms with E-state index in [1.807, 2.05) is 18.2 Å². The number of aliphatic hydroxyl groups is 1. The first-order valence-electron chi connectivity index (χ1n) is 4.30. The van der Waals surface area contributed by atoms with Crippen molar-refractivity contribution in [3.05, 3.63) is 32.7 Å². The maximum absolute atomic E-state index is 10.1. The Balaban J connectivity index is 2.40. The Labute approximate surface area is 94.4 Å². The van der Waals surface area contributed by atoms with Gasteiger partial charge in [-0.2, -0.15) is 0 Å². The summed E-state index contributed by atoms with van der Waals surface area (Å²) in [5.74, 6) is 0. The fourth-order valence-electron chi connectivity index (χ4n) is 1.65. The van der Waals surface area contributed by atoms with Gasteiger partial charge in [-0.15, -0.1) is 0 Å². The standard InChI is InChI=1S/C10H10Br2O/c11-7-2-3-8(9(12)6-7)10(13)4-1-5-10/h2-3,6,13H,1,4-5H2. The van der Waals surface area contributed by atoms with Crippen LogP contribution in [0, 0.1) is 0 Å². The normalized spacial score (nSPS) is 19.6. The summed E-state index contributed by atoms with van der Waals surface area (Å²) in [6.45, 7) is 0. The molecule has 13 heavy (non-hydrogen) atoms. The zero-order valence-corrected chi connectivity index (χ0v) is 10.2. The van der Waals surface area contributed by atoms with Crippen molar-refractivity contribution < 1.29 is 5.11 Å². The number of hydrogen-bond acceptors (Lipinski definition) is 1. The zero-order chi connectivity index (χ0) is 9.47. The van der Waals surface area contributed by atoms with Crippen LogP contribution >= 0.6 is 31.9 Å². The Bertz CT molecular complexity index is 332. The Morgan fingerprint density at radius 2 is 1.92 bits per heavy atom. The SMILES string of the molecule is OC1(c2ccc(Br)cc2Br)CCC1. The summed E-state index contributed by atoms with van der Waals surface area (Å²) >= 11 is 6.86. The van der Waals surface area contributed by atoms with Crippen LogP contribution in [0.2, 0.25) is 0 Å². The van der Waals surface area contributed by atoms with E-state index in [1.165, 1.54) is 0 Å². The largest absolute Gasteiger partial charge is 0.385 e. The third-order valence-electron chi connectivity index (χ3n) is 2.61. The lowest BCUT2D eigenvalue weighted by Crippen LogP contribution is -2.33. The summed E-state index contributed by atoms with van der Waals surface area (Å²) in [5.41, 5.74) is 0.446. The van der Waals surface area contributed by atoms with Gasteiger partial charge in [0.2, 0.25) is 0 Å². The van der Waals surface area contributed by atoms with Crippen LogP contribution in [0.5, 0.6) is 0 Å². The van der Waals surface area contributed by atoms with Gasteiger partial charge in [-0.05, 0) is 37.0 Å². The van der Waals surface area contributed by atoms with Crippen LogP contribution in [0.15, 0.2) is 27.1 Å². The lowest BCUT2D eigenvalue weighted by atomic mass is 9.75. The first-order chi connectivity index (χ1) is 6.12. The van der Waals surface area contributed by atoms with Crippen LogP contribution in [0.1, 0.15) is 24.8 Å². The summed E-state index contributed by atoms with van der Waals surface area (Å²) in [5, 5.41) is 10.1. The van der Waals surface area contributed by atoms with E-state index in [9.17, 15) is 5.11 Å². The predicted molar refractivity (Wildman–Crippen MR) is 59.6 cm³/mol. The molecule has 1 fully saturated rings. The van der Waals surface area contributed by atoms with E-state index in [0.717, 1.165) is 33.8 Å². The number of halogens is 2. The molecule has 0 aromatic heterocycles. The highest BCUT2D eigenvalue weighted by Gasteiger charge is 2.37. The Morgan fingerprint density at radius 1 is 1.23 bits per heavy atom. The van der Waals surface area contributed by atoms with Crippen LogP contribution in [0.4, 0.5) is 0 Å². The second-order valence-corrected chi connectivity index (χ2v) is 5.28. The minimum absolute atomic E-state index is 0.570. The smallest absolute Gasteiger partial charge is 0.0907 e. The van der Waals surface area contributed by atoms with Gasteiger partial charge >= 0.3 is 0 Å². The maximum Gasteiger partial charge on any atom is 0.0907 e. The van der Waals surface area contributed by atoms with Crippen LogP contribution in [-0.2, 0) is 5.60 Å². The average Bonchev–Trinajstić information content (AvgIpc) is 2.00. The molecule has 3 heteroatoms. The van der Waals surface area contributed by atoms with Crippen molar-refractivity contribution in [3.63, 3.8) is 0 Å². The summed E-state index contributed by atoms with van der Waals surface area (Å²) in [6, 6.07) is 5.93. The fourth-order valence-corrected chi connectivity index (χ4v) is 3.06. The molecule has 1 nitrogen and oxygen atoms in total. The van der Waals surface area contributed by atoms with Gasteiger partial charge in [0.15, 0.2) is 0 Å². The molecule has 1 saturated carbocycles. The first-order valence-corrected chi connectivity index (χ1v) is 5.88. The zero-order valence-electron chi connectivity index (χ0n) is 7.06. The molecule has 1 aromatic carbocycles. The number of hydrogen-bond donors (Lipinski definition) is 1. The third kappa shape index (κ3) is 1.69. The molecule has 0 unspecified atom stereocenters. The van der Waals surface area contributed by atoms with Crippen LogP contribution in [-0.4, -0.2) is 5.11 Å². The molecule has 0 spiro atoms. The van der Waals surface area contributed by atoms with E-state index in [-0.39, 0.29) is 0 Å². The Hall–Kier alpha value is 0.140. The lowest BCUT2D eigenvalue weighted by molar-refractivity contribution is -0.0394. The third-order valence-corrected chi connectivity index (χ3v) is 3.76. The highest BCUT2D eigenvalue weighted by molar-refractivity contribution is 9.11. The monoisotopic (exact) mass is 304 g/mol. The fraction of sp³-hybridized carbons (Fsp3) is 0.400. The van der Waals surface area contributed by atoms with Gasteiger partial charge in [0.05, 0.1) is 5.60 Å². The highest BCUT2D eigenvalue weighted by Crippen LogP contribution is 2.44. The molecule has 1 aliphatic carbocycles. The van der Waals surface area contributed by atoms with Crippen LogP contribution < -0.4 is 0 Å². The summed E-state index contributed by atoms with van der Waals surface area (Å²) < 4.78 is 2.02. The topological polar surface area (TPSA) is 20.2 Å². The second kappa shape index (κ2) is 3.37. The molecule has 1 aromatic rings. The number of rotatable bonds is 1. The van der Waals surface area contributed by atoms with E-state index >= 15 is 0 Å². The minimum Gasteiger partial charge on any atom is -0.385 e. The van der Waals surface area contributed by atoms with Gasteiger partial charge in [-0.25, -0.2) is 0 Å². The van der Waals surface area contributed by atoms with Gasteiger partial charge in [-0.3, -0.25) is 0 Å². The van der Waals surface area contributed by atoms with Crippen molar-refractivity contribution in [2.45, 2.75) is 24.9 Å². The molecule has 0 bridgehead atoms. The van der Waals surface area contributed by atoms with Gasteiger partial charge in [-0.1, -0.05) is 37.9 Å². The van der Waals surface area contributed by atoms with Crippen molar-refractivity contribution in [3.8, 4) is 0 Å². The lowest BCUT2D eigenvalue weighted by Gasteiger charge is -2.37. The number of benzene rings is 1. The molecule has 0 amide bonds. The van der Waals surface area contributed by atoms with Crippen molar-refractivity contribution in [2.75, 3.05) is 0 Å². The maximum atomic E-state index is 10.1. The Morgan fingerprint density at radius 3 is 2.38 bits per heavy atom. The van der Waals surface area contributed by atoms with Crippen molar-refractivity contribution >= 4 is 31.9 Å². The first kappa shape index (κ1) is 9.69. The molecule has 2 rings (SSSR count). The van der Waals surface area contributed by atoms with Gasteiger partial charge in [0.1, 0.15) is 0 Å².